The molecule has 3 aliphatic rings. The van der Waals surface area contributed by atoms with Crippen LogP contribution < -0.4 is 5.32 Å². The molecule has 0 radical (unpaired) electrons. The van der Waals surface area contributed by atoms with E-state index in [2.05, 4.69) is 20.4 Å². The summed E-state index contributed by atoms with van der Waals surface area (Å²) in [4.78, 5) is 21.4. The van der Waals surface area contributed by atoms with Crippen molar-refractivity contribution in [1.29, 1.82) is 0 Å². The van der Waals surface area contributed by atoms with Crippen LogP contribution in [0.5, 0.6) is 0 Å². The number of carbonyl (C=O) groups excluding carboxylic acids is 1. The van der Waals surface area contributed by atoms with Gasteiger partial charge in [-0.15, -0.1) is 0 Å². The lowest BCUT2D eigenvalue weighted by atomic mass is 9.58. The Hall–Kier alpha value is -3.09. The van der Waals surface area contributed by atoms with Gasteiger partial charge in [0.05, 0.1) is 18.3 Å². The van der Waals surface area contributed by atoms with Gasteiger partial charge in [-0.25, -0.2) is 14.4 Å². The van der Waals surface area contributed by atoms with E-state index in [1.54, 1.807) is 6.20 Å². The van der Waals surface area contributed by atoms with E-state index in [0.29, 0.717) is 17.4 Å². The first-order chi connectivity index (χ1) is 14.0. The average Bonchev–Trinajstić information content (AvgIpc) is 3.39. The average molecular weight is 391 g/mol. The van der Waals surface area contributed by atoms with Crippen LogP contribution in [0.2, 0.25) is 0 Å². The van der Waals surface area contributed by atoms with Gasteiger partial charge in [0.15, 0.2) is 11.6 Å². The first kappa shape index (κ1) is 18.0. The molecular formula is C22H22FN5O. The van der Waals surface area contributed by atoms with Crippen LogP contribution in [-0.2, 0) is 17.3 Å². The number of benzene rings is 1. The highest BCUT2D eigenvalue weighted by molar-refractivity contribution is 5.95. The first-order valence-corrected chi connectivity index (χ1v) is 9.86. The van der Waals surface area contributed by atoms with E-state index >= 15 is 0 Å². The third kappa shape index (κ3) is 2.75. The second-order valence-corrected chi connectivity index (χ2v) is 8.22. The summed E-state index contributed by atoms with van der Waals surface area (Å²) in [5.74, 6) is 0.404. The summed E-state index contributed by atoms with van der Waals surface area (Å²) in [5, 5.41) is 7.42. The van der Waals surface area contributed by atoms with Gasteiger partial charge in [-0.2, -0.15) is 5.10 Å². The SMILES string of the molecule is Cc1ccc(NC(=O)C2[C@@H]3CC[C@@]2(c2ccnn2C)C3)cc1-c1ncc(F)cn1. The lowest BCUT2D eigenvalue weighted by Gasteiger charge is -2.46. The summed E-state index contributed by atoms with van der Waals surface area (Å²) >= 11 is 0. The Morgan fingerprint density at radius 2 is 2.07 bits per heavy atom. The van der Waals surface area contributed by atoms with Gasteiger partial charge in [0, 0.05) is 35.6 Å². The summed E-state index contributed by atoms with van der Waals surface area (Å²) in [7, 11) is 1.94. The number of anilines is 1. The summed E-state index contributed by atoms with van der Waals surface area (Å²) in [6.45, 7) is 1.94. The zero-order chi connectivity index (χ0) is 20.2. The molecule has 1 amide bonds. The van der Waals surface area contributed by atoms with Crippen molar-refractivity contribution in [1.82, 2.24) is 19.7 Å². The minimum atomic E-state index is -0.475. The maximum absolute atomic E-state index is 13.2. The molecule has 2 bridgehead atoms. The Labute approximate surface area is 168 Å². The van der Waals surface area contributed by atoms with Crippen molar-refractivity contribution in [3.63, 3.8) is 0 Å². The van der Waals surface area contributed by atoms with Gasteiger partial charge in [-0.05, 0) is 55.9 Å². The van der Waals surface area contributed by atoms with E-state index in [1.165, 1.54) is 0 Å². The zero-order valence-electron chi connectivity index (χ0n) is 16.4. The highest BCUT2D eigenvalue weighted by atomic mass is 19.1. The number of aromatic nitrogens is 4. The molecule has 0 saturated heterocycles. The van der Waals surface area contributed by atoms with E-state index in [9.17, 15) is 9.18 Å². The van der Waals surface area contributed by atoms with Crippen LogP contribution in [0.25, 0.3) is 11.4 Å². The van der Waals surface area contributed by atoms with E-state index in [-0.39, 0.29) is 17.2 Å². The van der Waals surface area contributed by atoms with Gasteiger partial charge in [0.25, 0.3) is 0 Å². The maximum atomic E-state index is 13.2. The largest absolute Gasteiger partial charge is 0.326 e. The summed E-state index contributed by atoms with van der Waals surface area (Å²) in [6.07, 6.45) is 7.25. The first-order valence-electron chi connectivity index (χ1n) is 9.86. The minimum absolute atomic E-state index is 0.0373. The predicted octanol–water partition coefficient (Wildman–Crippen LogP) is 3.63. The molecule has 2 aromatic heterocycles. The maximum Gasteiger partial charge on any atom is 0.228 e. The van der Waals surface area contributed by atoms with Crippen molar-refractivity contribution in [2.24, 2.45) is 18.9 Å². The number of fused-ring (bicyclic) bond motifs is 1. The second kappa shape index (κ2) is 6.47. The molecule has 6 nitrogen and oxygen atoms in total. The molecule has 0 spiro atoms. The second-order valence-electron chi connectivity index (χ2n) is 8.22. The Bertz CT molecular complexity index is 1090. The van der Waals surface area contributed by atoms with Gasteiger partial charge in [-0.3, -0.25) is 9.48 Å². The number of nitrogens with one attached hydrogen (secondary N) is 1. The fourth-order valence-corrected chi connectivity index (χ4v) is 5.30. The number of halogens is 1. The third-order valence-electron chi connectivity index (χ3n) is 6.63. The number of amides is 1. The van der Waals surface area contributed by atoms with E-state index < -0.39 is 5.82 Å². The Balaban J connectivity index is 1.41. The van der Waals surface area contributed by atoms with Gasteiger partial charge >= 0.3 is 0 Å². The topological polar surface area (TPSA) is 72.7 Å². The molecule has 29 heavy (non-hydrogen) atoms. The Kier molecular flexibility index (Phi) is 4.01. The molecule has 0 aliphatic heterocycles. The number of aryl methyl sites for hydroxylation is 2. The Morgan fingerprint density at radius 1 is 1.28 bits per heavy atom. The molecular weight excluding hydrogens is 369 g/mol. The fourth-order valence-electron chi connectivity index (χ4n) is 5.30. The summed E-state index contributed by atoms with van der Waals surface area (Å²) in [6, 6.07) is 7.71. The van der Waals surface area contributed by atoms with E-state index in [0.717, 1.165) is 48.5 Å². The summed E-state index contributed by atoms with van der Waals surface area (Å²) < 4.78 is 15.1. The smallest absolute Gasteiger partial charge is 0.228 e. The van der Waals surface area contributed by atoms with Crippen LogP contribution in [0.1, 0.15) is 30.5 Å². The standard InChI is InChI=1S/C22H22FN5O/c1-13-3-4-16(9-17(13)20-24-11-15(23)12-25-20)27-21(29)19-14-5-7-22(19,10-14)18-6-8-26-28(18)2/h3-4,6,8-9,11-12,14,19H,5,7,10H2,1-2H3,(H,27,29)/t14-,19?,22+/m1/s1. The lowest BCUT2D eigenvalue weighted by Crippen LogP contribution is -2.51. The van der Waals surface area contributed by atoms with E-state index in [1.807, 2.05) is 42.9 Å². The van der Waals surface area contributed by atoms with Gasteiger partial charge in [0.1, 0.15) is 0 Å². The number of nitrogens with zero attached hydrogens (tertiary/aromatic N) is 4. The molecule has 3 aliphatic carbocycles. The molecule has 1 N–H and O–H groups in total. The number of hydrogen-bond donors (Lipinski definition) is 1. The van der Waals surface area contributed by atoms with Gasteiger partial charge in [-0.1, -0.05) is 6.07 Å². The normalized spacial score (nSPS) is 24.9. The zero-order valence-corrected chi connectivity index (χ0v) is 16.4. The molecule has 6 rings (SSSR count). The predicted molar refractivity (Wildman–Crippen MR) is 107 cm³/mol. The minimum Gasteiger partial charge on any atom is -0.326 e. The molecule has 3 fully saturated rings. The number of rotatable bonds is 4. The fraction of sp³-hybridized carbons (Fsp3) is 0.364. The van der Waals surface area contributed by atoms with Crippen molar-refractivity contribution in [3.8, 4) is 11.4 Å². The Morgan fingerprint density at radius 3 is 2.76 bits per heavy atom. The van der Waals surface area contributed by atoms with Crippen molar-refractivity contribution in [2.45, 2.75) is 31.6 Å². The third-order valence-corrected chi connectivity index (χ3v) is 6.63. The van der Waals surface area contributed by atoms with Crippen molar-refractivity contribution in [2.75, 3.05) is 5.32 Å². The molecule has 3 atom stereocenters. The highest BCUT2D eigenvalue weighted by Crippen LogP contribution is 2.64. The van der Waals surface area contributed by atoms with E-state index in [4.69, 9.17) is 0 Å². The van der Waals surface area contributed by atoms with Gasteiger partial charge < -0.3 is 5.32 Å². The van der Waals surface area contributed by atoms with Gasteiger partial charge in [0.2, 0.25) is 5.91 Å². The van der Waals surface area contributed by atoms with Crippen molar-refractivity contribution >= 4 is 11.6 Å². The van der Waals surface area contributed by atoms with Crippen LogP contribution in [0.15, 0.2) is 42.9 Å². The summed E-state index contributed by atoms with van der Waals surface area (Å²) in [5.41, 5.74) is 3.49. The van der Waals surface area contributed by atoms with Crippen LogP contribution in [0.4, 0.5) is 10.1 Å². The molecule has 3 saturated carbocycles. The number of hydrogen-bond acceptors (Lipinski definition) is 4. The molecule has 1 aromatic carbocycles. The van der Waals surface area contributed by atoms with Crippen LogP contribution in [-0.4, -0.2) is 25.7 Å². The number of carbonyl (C=O) groups is 1. The highest BCUT2D eigenvalue weighted by Gasteiger charge is 2.63. The monoisotopic (exact) mass is 391 g/mol. The quantitative estimate of drug-likeness (QED) is 0.737. The lowest BCUT2D eigenvalue weighted by molar-refractivity contribution is -0.127. The van der Waals surface area contributed by atoms with Crippen LogP contribution in [0, 0.1) is 24.6 Å². The molecule has 3 aromatic rings. The van der Waals surface area contributed by atoms with Crippen molar-refractivity contribution in [3.05, 3.63) is 59.9 Å². The van der Waals surface area contributed by atoms with Crippen LogP contribution in [0.3, 0.4) is 0 Å². The molecule has 1 unspecified atom stereocenters. The molecule has 7 heteroatoms. The van der Waals surface area contributed by atoms with Crippen molar-refractivity contribution < 1.29 is 9.18 Å². The molecule has 2 heterocycles. The van der Waals surface area contributed by atoms with Crippen LogP contribution >= 0.6 is 0 Å². The molecule has 148 valence electrons.